The van der Waals surface area contributed by atoms with Crippen LogP contribution in [-0.2, 0) is 13.0 Å². The Morgan fingerprint density at radius 1 is 1.58 bits per heavy atom. The van der Waals surface area contributed by atoms with Crippen molar-refractivity contribution in [2.75, 3.05) is 13.6 Å². The highest BCUT2D eigenvalue weighted by Crippen LogP contribution is 2.27. The topological polar surface area (TPSA) is 16.1 Å². The smallest absolute Gasteiger partial charge is 0.159 e. The maximum atomic E-state index is 4.46. The summed E-state index contributed by atoms with van der Waals surface area (Å²) >= 11 is 5.21. The average Bonchev–Trinajstić information content (AvgIpc) is 2.23. The second-order valence-electron chi connectivity index (χ2n) is 3.18. The molecule has 0 aliphatic carbocycles. The van der Waals surface area contributed by atoms with Crippen LogP contribution < -0.4 is 0 Å². The van der Waals surface area contributed by atoms with Gasteiger partial charge in [-0.15, -0.1) is 11.3 Å². The third kappa shape index (κ3) is 1.70. The lowest BCUT2D eigenvalue weighted by Crippen LogP contribution is -2.17. The van der Waals surface area contributed by atoms with Gasteiger partial charge in [-0.25, -0.2) is 4.98 Å². The molecule has 12 heavy (non-hydrogen) atoms. The van der Waals surface area contributed by atoms with Gasteiger partial charge in [0.15, 0.2) is 3.92 Å². The zero-order valence-electron chi connectivity index (χ0n) is 7.01. The fourth-order valence-corrected chi connectivity index (χ4v) is 3.15. The van der Waals surface area contributed by atoms with E-state index in [-0.39, 0.29) is 0 Å². The van der Waals surface area contributed by atoms with Gasteiger partial charge in [-0.2, -0.15) is 0 Å². The zero-order valence-corrected chi connectivity index (χ0v) is 9.41. The molecule has 0 saturated heterocycles. The van der Waals surface area contributed by atoms with Crippen molar-refractivity contribution >= 4 is 27.3 Å². The first-order valence-corrected chi connectivity index (χ1v) is 5.69. The van der Waals surface area contributed by atoms with Crippen molar-refractivity contribution in [3.05, 3.63) is 14.5 Å². The second-order valence-corrected chi connectivity index (χ2v) is 5.54. The van der Waals surface area contributed by atoms with Crippen LogP contribution in [0.25, 0.3) is 0 Å². The Balaban J connectivity index is 2.30. The summed E-state index contributed by atoms with van der Waals surface area (Å²) in [6.07, 6.45) is 2.46. The van der Waals surface area contributed by atoms with Gasteiger partial charge in [0.05, 0.1) is 5.69 Å². The van der Waals surface area contributed by atoms with E-state index in [0.717, 1.165) is 10.5 Å². The van der Waals surface area contributed by atoms with Crippen molar-refractivity contribution in [3.63, 3.8) is 0 Å². The van der Waals surface area contributed by atoms with E-state index in [4.69, 9.17) is 0 Å². The molecule has 66 valence electrons. The summed E-state index contributed by atoms with van der Waals surface area (Å²) in [7, 11) is 2.16. The van der Waals surface area contributed by atoms with Gasteiger partial charge < -0.3 is 4.90 Å². The van der Waals surface area contributed by atoms with Gasteiger partial charge in [0, 0.05) is 11.4 Å². The molecule has 1 aromatic heterocycles. The lowest BCUT2D eigenvalue weighted by atomic mass is 10.2. The Labute approximate surface area is 84.7 Å². The standard InChI is InChI=1S/C8H11BrN2S/c1-11-4-2-3-7-6(5-11)10-8(9)12-7/h2-5H2,1H3. The number of rotatable bonds is 0. The summed E-state index contributed by atoms with van der Waals surface area (Å²) in [4.78, 5) is 8.25. The van der Waals surface area contributed by atoms with Crippen LogP contribution in [0.1, 0.15) is 17.0 Å². The molecule has 0 aromatic carbocycles. The lowest BCUT2D eigenvalue weighted by molar-refractivity contribution is 0.329. The number of aryl methyl sites for hydroxylation is 1. The minimum atomic E-state index is 1.01. The minimum absolute atomic E-state index is 1.01. The van der Waals surface area contributed by atoms with Crippen LogP contribution in [0.3, 0.4) is 0 Å². The Kier molecular flexibility index (Phi) is 2.48. The SMILES string of the molecule is CN1CCCc2sc(Br)nc2C1. The summed E-state index contributed by atoms with van der Waals surface area (Å²) in [6.45, 7) is 2.21. The molecule has 0 N–H and O–H groups in total. The number of nitrogens with zero attached hydrogens (tertiary/aromatic N) is 2. The van der Waals surface area contributed by atoms with E-state index in [2.05, 4.69) is 32.9 Å². The minimum Gasteiger partial charge on any atom is -0.300 e. The first kappa shape index (κ1) is 8.66. The Bertz CT molecular complexity index is 285. The molecule has 0 spiro atoms. The number of hydrogen-bond acceptors (Lipinski definition) is 3. The summed E-state index contributed by atoms with van der Waals surface area (Å²) in [5.41, 5.74) is 1.27. The van der Waals surface area contributed by atoms with Crippen LogP contribution >= 0.6 is 27.3 Å². The predicted molar refractivity (Wildman–Crippen MR) is 54.5 cm³/mol. The molecular weight excluding hydrogens is 236 g/mol. The van der Waals surface area contributed by atoms with Gasteiger partial charge in [-0.3, -0.25) is 0 Å². The van der Waals surface area contributed by atoms with Gasteiger partial charge >= 0.3 is 0 Å². The maximum absolute atomic E-state index is 4.46. The van der Waals surface area contributed by atoms with Gasteiger partial charge in [-0.05, 0) is 42.4 Å². The summed E-state index contributed by atoms with van der Waals surface area (Å²) in [6, 6.07) is 0. The van der Waals surface area contributed by atoms with Crippen LogP contribution in [-0.4, -0.2) is 23.5 Å². The van der Waals surface area contributed by atoms with E-state index in [9.17, 15) is 0 Å². The van der Waals surface area contributed by atoms with Crippen LogP contribution in [0.4, 0.5) is 0 Å². The molecule has 1 aromatic rings. The predicted octanol–water partition coefficient (Wildman–Crippen LogP) is 2.28. The molecule has 0 saturated carbocycles. The number of aromatic nitrogens is 1. The Morgan fingerprint density at radius 2 is 2.42 bits per heavy atom. The van der Waals surface area contributed by atoms with Crippen molar-refractivity contribution in [2.45, 2.75) is 19.4 Å². The molecule has 2 rings (SSSR count). The van der Waals surface area contributed by atoms with E-state index >= 15 is 0 Å². The molecule has 0 fully saturated rings. The van der Waals surface area contributed by atoms with Crippen LogP contribution in [0.15, 0.2) is 3.92 Å². The summed E-state index contributed by atoms with van der Waals surface area (Å²) in [5, 5.41) is 0. The summed E-state index contributed by atoms with van der Waals surface area (Å²) < 4.78 is 1.03. The van der Waals surface area contributed by atoms with Gasteiger partial charge in [0.2, 0.25) is 0 Å². The zero-order chi connectivity index (χ0) is 8.55. The molecule has 0 radical (unpaired) electrons. The molecule has 1 aliphatic rings. The Morgan fingerprint density at radius 3 is 3.25 bits per heavy atom. The van der Waals surface area contributed by atoms with E-state index < -0.39 is 0 Å². The van der Waals surface area contributed by atoms with Crippen LogP contribution in [0.2, 0.25) is 0 Å². The highest BCUT2D eigenvalue weighted by molar-refractivity contribution is 9.11. The van der Waals surface area contributed by atoms with Crippen molar-refractivity contribution in [2.24, 2.45) is 0 Å². The number of fused-ring (bicyclic) bond motifs is 1. The van der Waals surface area contributed by atoms with Gasteiger partial charge in [0.1, 0.15) is 0 Å². The monoisotopic (exact) mass is 246 g/mol. The van der Waals surface area contributed by atoms with E-state index in [1.807, 2.05) is 0 Å². The van der Waals surface area contributed by atoms with E-state index in [1.54, 1.807) is 11.3 Å². The Hall–Kier alpha value is 0.0700. The molecular formula is C8H11BrN2S. The van der Waals surface area contributed by atoms with Gasteiger partial charge in [0.25, 0.3) is 0 Å². The normalized spacial score (nSPS) is 18.8. The highest BCUT2D eigenvalue weighted by Gasteiger charge is 2.15. The van der Waals surface area contributed by atoms with Crippen LogP contribution in [0.5, 0.6) is 0 Å². The number of hydrogen-bond donors (Lipinski definition) is 0. The first-order chi connectivity index (χ1) is 5.75. The highest BCUT2D eigenvalue weighted by atomic mass is 79.9. The maximum Gasteiger partial charge on any atom is 0.159 e. The van der Waals surface area contributed by atoms with Crippen molar-refractivity contribution < 1.29 is 0 Å². The van der Waals surface area contributed by atoms with Crippen molar-refractivity contribution in [1.29, 1.82) is 0 Å². The fourth-order valence-electron chi connectivity index (χ4n) is 1.51. The lowest BCUT2D eigenvalue weighted by Gasteiger charge is -2.10. The molecule has 0 bridgehead atoms. The second kappa shape index (κ2) is 3.44. The van der Waals surface area contributed by atoms with Crippen molar-refractivity contribution in [3.8, 4) is 0 Å². The molecule has 0 unspecified atom stereocenters. The molecule has 1 aliphatic heterocycles. The van der Waals surface area contributed by atoms with E-state index in [0.29, 0.717) is 0 Å². The molecule has 4 heteroatoms. The molecule has 0 amide bonds. The quantitative estimate of drug-likeness (QED) is 0.699. The van der Waals surface area contributed by atoms with Gasteiger partial charge in [-0.1, -0.05) is 0 Å². The number of halogens is 1. The average molecular weight is 247 g/mol. The molecule has 0 atom stereocenters. The molecule has 2 nitrogen and oxygen atoms in total. The number of thiazole rings is 1. The fraction of sp³-hybridized carbons (Fsp3) is 0.625. The van der Waals surface area contributed by atoms with E-state index in [1.165, 1.54) is 30.0 Å². The summed E-state index contributed by atoms with van der Waals surface area (Å²) in [5.74, 6) is 0. The molecule has 2 heterocycles. The third-order valence-corrected chi connectivity index (χ3v) is 3.72. The largest absolute Gasteiger partial charge is 0.300 e. The first-order valence-electron chi connectivity index (χ1n) is 4.08. The third-order valence-electron chi connectivity index (χ3n) is 2.12. The van der Waals surface area contributed by atoms with Crippen LogP contribution in [0, 0.1) is 0 Å². The van der Waals surface area contributed by atoms with Crippen molar-refractivity contribution in [1.82, 2.24) is 9.88 Å².